The molecule has 0 aliphatic rings. The lowest BCUT2D eigenvalue weighted by Crippen LogP contribution is -2.11. The second kappa shape index (κ2) is 5.32. The lowest BCUT2D eigenvalue weighted by molar-refractivity contribution is -0.141. The highest BCUT2D eigenvalue weighted by atomic mass is 19.4. The lowest BCUT2D eigenvalue weighted by Gasteiger charge is -2.10. The van der Waals surface area contributed by atoms with E-state index in [1.54, 1.807) is 12.1 Å². The summed E-state index contributed by atoms with van der Waals surface area (Å²) in [5.74, 6) is 0.262. The van der Waals surface area contributed by atoms with Crippen LogP contribution in [0.15, 0.2) is 24.4 Å². The molecule has 8 heteroatoms. The van der Waals surface area contributed by atoms with Crippen molar-refractivity contribution in [1.82, 2.24) is 15.0 Å². The van der Waals surface area contributed by atoms with Crippen LogP contribution in [0.3, 0.4) is 0 Å². The van der Waals surface area contributed by atoms with E-state index in [4.69, 9.17) is 4.74 Å². The first-order valence-corrected chi connectivity index (χ1v) is 5.58. The van der Waals surface area contributed by atoms with Gasteiger partial charge in [0.15, 0.2) is 5.69 Å². The maximum atomic E-state index is 12.8. The quantitative estimate of drug-likeness (QED) is 0.938. The number of hydrogen-bond donors (Lipinski definition) is 1. The molecule has 5 nitrogen and oxygen atoms in total. The van der Waals surface area contributed by atoms with Crippen molar-refractivity contribution >= 4 is 5.95 Å². The average molecular weight is 284 g/mol. The summed E-state index contributed by atoms with van der Waals surface area (Å²) in [5, 5.41) is 2.50. The number of hydrogen-bond acceptors (Lipinski definition) is 5. The summed E-state index contributed by atoms with van der Waals surface area (Å²) >= 11 is 0. The third kappa shape index (κ3) is 2.95. The molecule has 1 N–H and O–H groups in total. The molecule has 0 amide bonds. The van der Waals surface area contributed by atoms with E-state index >= 15 is 0 Å². The molecule has 0 bridgehead atoms. The molecule has 0 fully saturated rings. The van der Waals surface area contributed by atoms with Gasteiger partial charge >= 0.3 is 6.18 Å². The van der Waals surface area contributed by atoms with Crippen LogP contribution < -0.4 is 10.1 Å². The standard InChI is InChI=1S/C12H11F3N4O/c1-16-11-18-8(5-9(19-11)12(13,14)15)7-3-4-10(20-2)17-6-7/h3-6H,1-2H3,(H,16,18,19). The Bertz CT molecular complexity index is 599. The Balaban J connectivity index is 2.49. The van der Waals surface area contributed by atoms with Crippen LogP contribution in [0.2, 0.25) is 0 Å². The maximum absolute atomic E-state index is 12.8. The predicted molar refractivity (Wildman–Crippen MR) is 66.4 cm³/mol. The van der Waals surface area contributed by atoms with Gasteiger partial charge in [-0.3, -0.25) is 0 Å². The Hall–Kier alpha value is -2.38. The van der Waals surface area contributed by atoms with Gasteiger partial charge in [0.1, 0.15) is 0 Å². The molecular weight excluding hydrogens is 273 g/mol. The first-order valence-electron chi connectivity index (χ1n) is 5.58. The fourth-order valence-electron chi connectivity index (χ4n) is 1.50. The monoisotopic (exact) mass is 284 g/mol. The van der Waals surface area contributed by atoms with Gasteiger partial charge in [-0.15, -0.1) is 0 Å². The van der Waals surface area contributed by atoms with Gasteiger partial charge in [0.2, 0.25) is 11.8 Å². The highest BCUT2D eigenvalue weighted by Crippen LogP contribution is 2.31. The van der Waals surface area contributed by atoms with Crippen LogP contribution in [-0.2, 0) is 6.18 Å². The number of aromatic nitrogens is 3. The van der Waals surface area contributed by atoms with Gasteiger partial charge < -0.3 is 10.1 Å². The number of anilines is 1. The third-order valence-corrected chi connectivity index (χ3v) is 2.48. The lowest BCUT2D eigenvalue weighted by atomic mass is 10.2. The van der Waals surface area contributed by atoms with Crippen molar-refractivity contribution in [2.75, 3.05) is 19.5 Å². The van der Waals surface area contributed by atoms with Crippen molar-refractivity contribution in [3.05, 3.63) is 30.1 Å². The number of rotatable bonds is 3. The number of methoxy groups -OCH3 is 1. The molecule has 0 atom stereocenters. The number of nitrogens with zero attached hydrogens (tertiary/aromatic N) is 3. The fraction of sp³-hybridized carbons (Fsp3) is 0.250. The van der Waals surface area contributed by atoms with Gasteiger partial charge in [-0.1, -0.05) is 0 Å². The van der Waals surface area contributed by atoms with Crippen LogP contribution in [0.25, 0.3) is 11.3 Å². The largest absolute Gasteiger partial charge is 0.481 e. The summed E-state index contributed by atoms with van der Waals surface area (Å²) in [6.07, 6.45) is -3.15. The number of alkyl halides is 3. The van der Waals surface area contributed by atoms with E-state index in [0.717, 1.165) is 6.07 Å². The second-order valence-electron chi connectivity index (χ2n) is 3.80. The van der Waals surface area contributed by atoms with Gasteiger partial charge in [-0.25, -0.2) is 15.0 Å². The van der Waals surface area contributed by atoms with Crippen molar-refractivity contribution in [3.63, 3.8) is 0 Å². The first-order chi connectivity index (χ1) is 9.44. The third-order valence-electron chi connectivity index (χ3n) is 2.48. The van der Waals surface area contributed by atoms with Gasteiger partial charge in [-0.05, 0) is 12.1 Å². The van der Waals surface area contributed by atoms with Crippen molar-refractivity contribution in [2.45, 2.75) is 6.18 Å². The minimum Gasteiger partial charge on any atom is -0.481 e. The number of ether oxygens (including phenoxy) is 1. The molecule has 0 radical (unpaired) electrons. The van der Waals surface area contributed by atoms with E-state index in [0.29, 0.717) is 11.4 Å². The highest BCUT2D eigenvalue weighted by molar-refractivity contribution is 5.60. The first kappa shape index (κ1) is 14.0. The molecule has 0 aliphatic heterocycles. The van der Waals surface area contributed by atoms with Gasteiger partial charge in [0.05, 0.1) is 12.8 Å². The topological polar surface area (TPSA) is 59.9 Å². The van der Waals surface area contributed by atoms with Gasteiger partial charge in [0, 0.05) is 24.9 Å². The van der Waals surface area contributed by atoms with Crippen LogP contribution in [-0.4, -0.2) is 29.1 Å². The molecule has 2 aromatic heterocycles. The zero-order valence-electron chi connectivity index (χ0n) is 10.7. The van der Waals surface area contributed by atoms with Crippen LogP contribution >= 0.6 is 0 Å². The summed E-state index contributed by atoms with van der Waals surface area (Å²) in [7, 11) is 2.90. The van der Waals surface area contributed by atoms with E-state index in [2.05, 4.69) is 20.3 Å². The van der Waals surface area contributed by atoms with Crippen molar-refractivity contribution in [3.8, 4) is 17.1 Å². The Morgan fingerprint density at radius 2 is 1.95 bits per heavy atom. The highest BCUT2D eigenvalue weighted by Gasteiger charge is 2.33. The maximum Gasteiger partial charge on any atom is 0.433 e. The molecule has 0 saturated heterocycles. The molecular formula is C12H11F3N4O. The molecule has 0 aliphatic carbocycles. The van der Waals surface area contributed by atoms with Crippen LogP contribution in [0.1, 0.15) is 5.69 Å². The molecule has 0 spiro atoms. The molecule has 2 aromatic rings. The minimum absolute atomic E-state index is 0.106. The predicted octanol–water partition coefficient (Wildman–Crippen LogP) is 2.61. The summed E-state index contributed by atoms with van der Waals surface area (Å²) in [5.41, 5.74) is -0.440. The zero-order valence-corrected chi connectivity index (χ0v) is 10.7. The fourth-order valence-corrected chi connectivity index (χ4v) is 1.50. The van der Waals surface area contributed by atoms with Crippen molar-refractivity contribution in [1.29, 1.82) is 0 Å². The Labute approximate surface area is 112 Å². The molecule has 106 valence electrons. The van der Waals surface area contributed by atoms with E-state index in [1.807, 2.05) is 0 Å². The van der Waals surface area contributed by atoms with E-state index in [9.17, 15) is 13.2 Å². The number of nitrogens with one attached hydrogen (secondary N) is 1. The zero-order chi connectivity index (χ0) is 14.8. The molecule has 0 saturated carbocycles. The Morgan fingerprint density at radius 1 is 1.20 bits per heavy atom. The summed E-state index contributed by atoms with van der Waals surface area (Å²) < 4.78 is 43.2. The number of pyridine rings is 1. The summed E-state index contributed by atoms with van der Waals surface area (Å²) in [6, 6.07) is 4.00. The van der Waals surface area contributed by atoms with E-state index in [1.165, 1.54) is 20.4 Å². The molecule has 2 heterocycles. The smallest absolute Gasteiger partial charge is 0.433 e. The van der Waals surface area contributed by atoms with Gasteiger partial charge in [0.25, 0.3) is 0 Å². The van der Waals surface area contributed by atoms with Crippen molar-refractivity contribution < 1.29 is 17.9 Å². The molecule has 2 rings (SSSR count). The van der Waals surface area contributed by atoms with E-state index < -0.39 is 11.9 Å². The summed E-state index contributed by atoms with van der Waals surface area (Å²) in [4.78, 5) is 11.3. The van der Waals surface area contributed by atoms with E-state index in [-0.39, 0.29) is 11.6 Å². The van der Waals surface area contributed by atoms with Crippen LogP contribution in [0.4, 0.5) is 19.1 Å². The molecule has 0 aromatic carbocycles. The average Bonchev–Trinajstić information content (AvgIpc) is 2.46. The number of halogens is 3. The normalized spacial score (nSPS) is 11.2. The molecule has 0 unspecified atom stereocenters. The minimum atomic E-state index is -4.54. The molecule has 20 heavy (non-hydrogen) atoms. The van der Waals surface area contributed by atoms with Gasteiger partial charge in [-0.2, -0.15) is 13.2 Å². The van der Waals surface area contributed by atoms with Crippen LogP contribution in [0.5, 0.6) is 5.88 Å². The van der Waals surface area contributed by atoms with Crippen molar-refractivity contribution in [2.24, 2.45) is 0 Å². The van der Waals surface area contributed by atoms with Crippen LogP contribution in [0, 0.1) is 0 Å². The summed E-state index contributed by atoms with van der Waals surface area (Å²) in [6.45, 7) is 0. The SMILES string of the molecule is CNc1nc(-c2ccc(OC)nc2)cc(C(F)(F)F)n1. The Morgan fingerprint density at radius 3 is 2.45 bits per heavy atom. The Kier molecular flexibility index (Phi) is 3.73. The second-order valence-corrected chi connectivity index (χ2v) is 3.80.